The number of aliphatic carboxylic acids is 1. The molecular formula is C11H20N2O4S. The van der Waals surface area contributed by atoms with E-state index in [1.165, 1.54) is 6.92 Å². The van der Waals surface area contributed by atoms with E-state index in [0.29, 0.717) is 6.54 Å². The van der Waals surface area contributed by atoms with E-state index in [0.717, 1.165) is 19.3 Å². The average molecular weight is 276 g/mol. The summed E-state index contributed by atoms with van der Waals surface area (Å²) in [7, 11) is 0. The van der Waals surface area contributed by atoms with Crippen molar-refractivity contribution in [1.82, 2.24) is 10.6 Å². The van der Waals surface area contributed by atoms with Gasteiger partial charge in [0.1, 0.15) is 0 Å². The highest BCUT2D eigenvalue weighted by molar-refractivity contribution is 8.00. The highest BCUT2D eigenvalue weighted by Crippen LogP contribution is 2.42. The Morgan fingerprint density at radius 2 is 2.06 bits per heavy atom. The van der Waals surface area contributed by atoms with Crippen molar-refractivity contribution in [2.45, 2.75) is 43.1 Å². The van der Waals surface area contributed by atoms with Crippen molar-refractivity contribution in [3.63, 3.8) is 0 Å². The van der Waals surface area contributed by atoms with E-state index in [1.54, 1.807) is 11.8 Å². The second-order valence-electron chi connectivity index (χ2n) is 4.62. The van der Waals surface area contributed by atoms with Crippen molar-refractivity contribution in [3.8, 4) is 0 Å². The fourth-order valence-electron chi connectivity index (χ4n) is 1.85. The van der Waals surface area contributed by atoms with Gasteiger partial charge in [-0.25, -0.2) is 9.59 Å². The molecule has 0 aromatic rings. The number of hydrogen-bond donors (Lipinski definition) is 4. The van der Waals surface area contributed by atoms with Crippen LogP contribution in [-0.2, 0) is 4.79 Å². The molecule has 104 valence electrons. The molecule has 0 aliphatic heterocycles. The third-order valence-corrected chi connectivity index (χ3v) is 4.72. The summed E-state index contributed by atoms with van der Waals surface area (Å²) in [5, 5.41) is 23.0. The number of aliphatic hydroxyl groups excluding tert-OH is 1. The first kappa shape index (κ1) is 15.1. The van der Waals surface area contributed by atoms with Gasteiger partial charge in [0, 0.05) is 11.3 Å². The van der Waals surface area contributed by atoms with Crippen LogP contribution in [-0.4, -0.2) is 51.9 Å². The molecule has 0 spiro atoms. The Morgan fingerprint density at radius 3 is 2.39 bits per heavy atom. The van der Waals surface area contributed by atoms with Gasteiger partial charge in [-0.3, -0.25) is 0 Å². The maximum absolute atomic E-state index is 11.6. The summed E-state index contributed by atoms with van der Waals surface area (Å²) in [6.45, 7) is 1.85. The Morgan fingerprint density at radius 1 is 1.44 bits per heavy atom. The van der Waals surface area contributed by atoms with Crippen LogP contribution in [0.25, 0.3) is 0 Å². The van der Waals surface area contributed by atoms with Gasteiger partial charge in [-0.2, -0.15) is 11.8 Å². The van der Waals surface area contributed by atoms with Crippen LogP contribution in [0.2, 0.25) is 0 Å². The number of hydrogen-bond acceptors (Lipinski definition) is 4. The van der Waals surface area contributed by atoms with E-state index in [-0.39, 0.29) is 4.75 Å². The van der Waals surface area contributed by atoms with Crippen LogP contribution in [0.3, 0.4) is 0 Å². The van der Waals surface area contributed by atoms with E-state index in [1.807, 2.05) is 6.26 Å². The highest BCUT2D eigenvalue weighted by atomic mass is 32.2. The molecule has 0 bridgehead atoms. The number of carboxylic acids is 1. The van der Waals surface area contributed by atoms with E-state index >= 15 is 0 Å². The quantitative estimate of drug-likeness (QED) is 0.563. The molecule has 0 saturated heterocycles. The van der Waals surface area contributed by atoms with Gasteiger partial charge in [0.2, 0.25) is 0 Å². The molecule has 18 heavy (non-hydrogen) atoms. The molecule has 1 fully saturated rings. The van der Waals surface area contributed by atoms with Gasteiger partial charge in [-0.1, -0.05) is 6.42 Å². The minimum atomic E-state index is -1.28. The summed E-state index contributed by atoms with van der Waals surface area (Å²) < 4.78 is 0.0981. The fraction of sp³-hybridized carbons (Fsp3) is 0.818. The zero-order chi connectivity index (χ0) is 13.8. The average Bonchev–Trinajstić information content (AvgIpc) is 2.24. The smallest absolute Gasteiger partial charge is 0.328 e. The number of carbonyl (C=O) groups excluding carboxylic acids is 1. The molecule has 0 aromatic heterocycles. The Balaban J connectivity index is 2.39. The van der Waals surface area contributed by atoms with Gasteiger partial charge < -0.3 is 20.8 Å². The third kappa shape index (κ3) is 3.78. The van der Waals surface area contributed by atoms with Crippen LogP contribution in [0.5, 0.6) is 0 Å². The van der Waals surface area contributed by atoms with Crippen LogP contribution in [0.4, 0.5) is 4.79 Å². The monoisotopic (exact) mass is 276 g/mol. The number of rotatable bonds is 6. The van der Waals surface area contributed by atoms with Crippen molar-refractivity contribution < 1.29 is 19.8 Å². The second-order valence-corrected chi connectivity index (χ2v) is 5.90. The van der Waals surface area contributed by atoms with Crippen LogP contribution in [0, 0.1) is 0 Å². The van der Waals surface area contributed by atoms with Gasteiger partial charge in [-0.05, 0) is 26.0 Å². The SMILES string of the molecule is CSC1(CNC(=O)N[C@H](C(=O)O)[C@@H](C)O)CCC1. The van der Waals surface area contributed by atoms with Crippen LogP contribution >= 0.6 is 11.8 Å². The van der Waals surface area contributed by atoms with Crippen molar-refractivity contribution in [2.24, 2.45) is 0 Å². The molecule has 0 unspecified atom stereocenters. The van der Waals surface area contributed by atoms with Crippen molar-refractivity contribution in [2.75, 3.05) is 12.8 Å². The van der Waals surface area contributed by atoms with Gasteiger partial charge in [0.05, 0.1) is 6.10 Å². The molecule has 1 saturated carbocycles. The standard InChI is InChI=1S/C11H20N2O4S/c1-7(14)8(9(15)16)13-10(17)12-6-11(18-2)4-3-5-11/h7-8,14H,3-6H2,1-2H3,(H,15,16)(H2,12,13,17)/t7-,8+/m1/s1. The normalized spacial score (nSPS) is 20.4. The number of nitrogens with one attached hydrogen (secondary N) is 2. The molecule has 6 nitrogen and oxygen atoms in total. The van der Waals surface area contributed by atoms with E-state index < -0.39 is 24.1 Å². The highest BCUT2D eigenvalue weighted by Gasteiger charge is 2.36. The van der Waals surface area contributed by atoms with E-state index in [4.69, 9.17) is 5.11 Å². The molecule has 1 aliphatic carbocycles. The van der Waals surface area contributed by atoms with Gasteiger partial charge in [-0.15, -0.1) is 0 Å². The summed E-state index contributed by atoms with van der Waals surface area (Å²) in [6.07, 6.45) is 4.16. The summed E-state index contributed by atoms with van der Waals surface area (Å²) in [5.74, 6) is -1.25. The lowest BCUT2D eigenvalue weighted by molar-refractivity contribution is -0.141. The van der Waals surface area contributed by atoms with Crippen LogP contribution in [0.1, 0.15) is 26.2 Å². The summed E-state index contributed by atoms with van der Waals surface area (Å²) in [5.41, 5.74) is 0. The Kier molecular flexibility index (Phi) is 5.28. The second kappa shape index (κ2) is 6.29. The molecule has 7 heteroatoms. The number of carbonyl (C=O) groups is 2. The molecule has 2 amide bonds. The predicted octanol–water partition coefficient (Wildman–Crippen LogP) is 0.405. The van der Waals surface area contributed by atoms with Gasteiger partial charge >= 0.3 is 12.0 Å². The van der Waals surface area contributed by atoms with Crippen molar-refractivity contribution >= 4 is 23.8 Å². The summed E-state index contributed by atoms with van der Waals surface area (Å²) in [6, 6.07) is -1.83. The van der Waals surface area contributed by atoms with Crippen LogP contribution in [0.15, 0.2) is 0 Å². The third-order valence-electron chi connectivity index (χ3n) is 3.30. The van der Waals surface area contributed by atoms with Crippen LogP contribution < -0.4 is 10.6 Å². The topological polar surface area (TPSA) is 98.7 Å². The number of amides is 2. The number of carboxylic acid groups (broad SMARTS) is 1. The predicted molar refractivity (Wildman–Crippen MR) is 69.7 cm³/mol. The van der Waals surface area contributed by atoms with Crippen molar-refractivity contribution in [3.05, 3.63) is 0 Å². The maximum atomic E-state index is 11.6. The minimum Gasteiger partial charge on any atom is -0.480 e. The molecule has 2 atom stereocenters. The Labute approximate surface area is 111 Å². The summed E-state index contributed by atoms with van der Waals surface area (Å²) >= 11 is 1.72. The first-order valence-corrected chi connectivity index (χ1v) is 7.13. The van der Waals surface area contributed by atoms with Gasteiger partial charge in [0.25, 0.3) is 0 Å². The molecule has 0 aromatic carbocycles. The lowest BCUT2D eigenvalue weighted by Crippen LogP contribution is -2.54. The lowest BCUT2D eigenvalue weighted by Gasteiger charge is -2.40. The van der Waals surface area contributed by atoms with E-state index in [2.05, 4.69) is 10.6 Å². The first-order valence-electron chi connectivity index (χ1n) is 5.90. The summed E-state index contributed by atoms with van der Waals surface area (Å²) in [4.78, 5) is 22.4. The minimum absolute atomic E-state index is 0.0981. The lowest BCUT2D eigenvalue weighted by atomic mass is 9.84. The molecule has 1 rings (SSSR count). The van der Waals surface area contributed by atoms with E-state index in [9.17, 15) is 14.7 Å². The maximum Gasteiger partial charge on any atom is 0.328 e. The Bertz CT molecular complexity index is 313. The molecular weight excluding hydrogens is 256 g/mol. The van der Waals surface area contributed by atoms with Crippen molar-refractivity contribution in [1.29, 1.82) is 0 Å². The molecule has 1 aliphatic rings. The zero-order valence-corrected chi connectivity index (χ0v) is 11.4. The van der Waals surface area contributed by atoms with Gasteiger partial charge in [0.15, 0.2) is 6.04 Å². The molecule has 4 N–H and O–H groups in total. The Hall–Kier alpha value is -0.950. The fourth-order valence-corrected chi connectivity index (χ4v) is 2.76. The zero-order valence-electron chi connectivity index (χ0n) is 10.6. The number of aliphatic hydroxyl groups is 1. The number of urea groups is 1. The number of thioether (sulfide) groups is 1. The molecule has 0 heterocycles. The largest absolute Gasteiger partial charge is 0.480 e. The molecule has 0 radical (unpaired) electrons. The first-order chi connectivity index (χ1) is 8.40.